The number of rotatable bonds is 4. The van der Waals surface area contributed by atoms with Gasteiger partial charge in [-0.3, -0.25) is 4.98 Å². The number of esters is 1. The molecule has 0 fully saturated rings. The second kappa shape index (κ2) is 7.05. The van der Waals surface area contributed by atoms with Crippen LogP contribution in [0.2, 0.25) is 0 Å². The molecule has 0 atom stereocenters. The summed E-state index contributed by atoms with van der Waals surface area (Å²) < 4.78 is 5.42. The first-order valence-corrected chi connectivity index (χ1v) is 8.21. The molecule has 0 saturated carbocycles. The Morgan fingerprint density at radius 2 is 1.72 bits per heavy atom. The number of carbonyl (C=O) groups is 2. The van der Waals surface area contributed by atoms with Crippen LogP contribution in [-0.2, 0) is 11.2 Å². The van der Waals surface area contributed by atoms with Crippen molar-refractivity contribution >= 4 is 11.9 Å². The van der Waals surface area contributed by atoms with Gasteiger partial charge in [-0.15, -0.1) is 0 Å². The number of ether oxygens (including phenoxy) is 1. The van der Waals surface area contributed by atoms with Gasteiger partial charge in [0.2, 0.25) is 0 Å². The zero-order valence-electron chi connectivity index (χ0n) is 15.2. The number of aromatic nitrogens is 1. The Bertz CT molecular complexity index is 805. The number of carboxylic acid groups (broad SMARTS) is 1. The Kier molecular flexibility index (Phi) is 5.26. The van der Waals surface area contributed by atoms with Gasteiger partial charge in [0, 0.05) is 11.3 Å². The maximum atomic E-state index is 12.7. The van der Waals surface area contributed by atoms with Gasteiger partial charge in [-0.2, -0.15) is 0 Å². The van der Waals surface area contributed by atoms with Gasteiger partial charge in [0.25, 0.3) is 0 Å². The second-order valence-corrected chi connectivity index (χ2v) is 6.80. The zero-order chi connectivity index (χ0) is 18.8. The minimum absolute atomic E-state index is 0.0125. The Hall–Kier alpha value is -2.69. The van der Waals surface area contributed by atoms with Crippen LogP contribution in [0.5, 0.6) is 0 Å². The molecule has 0 amide bonds. The molecule has 132 valence electrons. The van der Waals surface area contributed by atoms with Crippen molar-refractivity contribution in [3.63, 3.8) is 0 Å². The average Bonchev–Trinajstić information content (AvgIpc) is 2.52. The number of aryl methyl sites for hydroxylation is 2. The largest absolute Gasteiger partial charge is 0.478 e. The summed E-state index contributed by atoms with van der Waals surface area (Å²) >= 11 is 0. The molecule has 0 spiro atoms. The minimum Gasteiger partial charge on any atom is -0.478 e. The van der Waals surface area contributed by atoms with Crippen LogP contribution >= 0.6 is 0 Å². The van der Waals surface area contributed by atoms with E-state index < -0.39 is 17.5 Å². The van der Waals surface area contributed by atoms with Gasteiger partial charge in [0.05, 0.1) is 16.8 Å². The van der Waals surface area contributed by atoms with Crippen LogP contribution in [-0.4, -0.2) is 27.6 Å². The Morgan fingerprint density at radius 3 is 2.20 bits per heavy atom. The van der Waals surface area contributed by atoms with Crippen molar-refractivity contribution in [2.45, 2.75) is 46.6 Å². The highest BCUT2D eigenvalue weighted by atomic mass is 16.6. The summed E-state index contributed by atoms with van der Waals surface area (Å²) in [6.45, 7) is 8.78. The molecule has 0 aliphatic rings. The number of carboxylic acids is 1. The van der Waals surface area contributed by atoms with Crippen LogP contribution < -0.4 is 0 Å². The third-order valence-electron chi connectivity index (χ3n) is 3.67. The predicted octanol–water partition coefficient (Wildman–Crippen LogP) is 4.27. The first kappa shape index (κ1) is 18.6. The summed E-state index contributed by atoms with van der Waals surface area (Å²) in [5, 5.41) is 9.86. The zero-order valence-corrected chi connectivity index (χ0v) is 15.2. The molecule has 0 radical (unpaired) electrons. The molecule has 0 aliphatic heterocycles. The van der Waals surface area contributed by atoms with Crippen molar-refractivity contribution < 1.29 is 19.4 Å². The van der Waals surface area contributed by atoms with Gasteiger partial charge in [0.1, 0.15) is 5.60 Å². The van der Waals surface area contributed by atoms with Crippen LogP contribution in [0.25, 0.3) is 11.1 Å². The summed E-state index contributed by atoms with van der Waals surface area (Å²) in [6, 6.07) is 9.14. The second-order valence-electron chi connectivity index (χ2n) is 6.80. The third kappa shape index (κ3) is 4.05. The normalized spacial score (nSPS) is 11.2. The van der Waals surface area contributed by atoms with E-state index in [0.717, 1.165) is 0 Å². The molecule has 0 bridgehead atoms. The smallest absolute Gasteiger partial charge is 0.341 e. The summed E-state index contributed by atoms with van der Waals surface area (Å²) in [5.74, 6) is -1.84. The van der Waals surface area contributed by atoms with E-state index in [4.69, 9.17) is 4.74 Å². The molecule has 2 rings (SSSR count). The van der Waals surface area contributed by atoms with Gasteiger partial charge in [0.15, 0.2) is 0 Å². The fraction of sp³-hybridized carbons (Fsp3) is 0.350. The number of pyridine rings is 1. The van der Waals surface area contributed by atoms with E-state index in [2.05, 4.69) is 4.98 Å². The van der Waals surface area contributed by atoms with E-state index in [9.17, 15) is 14.7 Å². The van der Waals surface area contributed by atoms with Crippen molar-refractivity contribution in [3.05, 3.63) is 52.8 Å². The first-order valence-electron chi connectivity index (χ1n) is 8.21. The summed E-state index contributed by atoms with van der Waals surface area (Å²) in [5.41, 5.74) is 1.44. The summed E-state index contributed by atoms with van der Waals surface area (Å²) in [4.78, 5) is 29.2. The molecular weight excluding hydrogens is 318 g/mol. The van der Waals surface area contributed by atoms with Gasteiger partial charge in [-0.25, -0.2) is 9.59 Å². The maximum Gasteiger partial charge on any atom is 0.341 e. The molecule has 1 N–H and O–H groups in total. The molecule has 1 aromatic carbocycles. The maximum absolute atomic E-state index is 12.7. The molecule has 0 unspecified atom stereocenters. The fourth-order valence-electron chi connectivity index (χ4n) is 2.73. The van der Waals surface area contributed by atoms with Crippen LogP contribution in [0, 0.1) is 6.92 Å². The highest BCUT2D eigenvalue weighted by Gasteiger charge is 2.30. The van der Waals surface area contributed by atoms with Crippen molar-refractivity contribution in [1.82, 2.24) is 4.98 Å². The average molecular weight is 341 g/mol. The van der Waals surface area contributed by atoms with E-state index in [-0.39, 0.29) is 11.1 Å². The fourth-order valence-corrected chi connectivity index (χ4v) is 2.73. The van der Waals surface area contributed by atoms with Gasteiger partial charge in [-0.1, -0.05) is 37.3 Å². The number of hydrogen-bond acceptors (Lipinski definition) is 4. The molecule has 2 aromatic rings. The molecule has 25 heavy (non-hydrogen) atoms. The lowest BCUT2D eigenvalue weighted by Gasteiger charge is -2.22. The summed E-state index contributed by atoms with van der Waals surface area (Å²) in [7, 11) is 0. The molecule has 1 heterocycles. The van der Waals surface area contributed by atoms with Crippen LogP contribution in [0.3, 0.4) is 0 Å². The van der Waals surface area contributed by atoms with Crippen LogP contribution in [0.4, 0.5) is 0 Å². The van der Waals surface area contributed by atoms with Crippen molar-refractivity contribution in [2.75, 3.05) is 0 Å². The van der Waals surface area contributed by atoms with Crippen molar-refractivity contribution in [2.24, 2.45) is 0 Å². The standard InChI is InChI=1S/C20H23NO4/c1-6-14-16(13-10-8-7-9-11-13)17(18(22)23)15(12(2)21-14)19(24)25-20(3,4)5/h7-11H,6H2,1-5H3,(H,22,23). The lowest BCUT2D eigenvalue weighted by Crippen LogP contribution is -2.26. The number of benzene rings is 1. The van der Waals surface area contributed by atoms with E-state index in [1.165, 1.54) is 0 Å². The molecule has 5 nitrogen and oxygen atoms in total. The molecular formula is C20H23NO4. The molecule has 0 saturated heterocycles. The predicted molar refractivity (Wildman–Crippen MR) is 95.9 cm³/mol. The Labute approximate surface area is 147 Å². The SMILES string of the molecule is CCc1nc(C)c(C(=O)OC(C)(C)C)c(C(=O)O)c1-c1ccccc1. The number of aromatic carboxylic acids is 1. The quantitative estimate of drug-likeness (QED) is 0.840. The molecule has 1 aromatic heterocycles. The van der Waals surface area contributed by atoms with E-state index in [0.29, 0.717) is 28.9 Å². The van der Waals surface area contributed by atoms with Crippen LogP contribution in [0.1, 0.15) is 59.8 Å². The monoisotopic (exact) mass is 341 g/mol. The van der Waals surface area contributed by atoms with Gasteiger partial charge < -0.3 is 9.84 Å². The lowest BCUT2D eigenvalue weighted by atomic mass is 9.92. The van der Waals surface area contributed by atoms with E-state index in [1.807, 2.05) is 37.3 Å². The van der Waals surface area contributed by atoms with Gasteiger partial charge >= 0.3 is 11.9 Å². The topological polar surface area (TPSA) is 76.5 Å². The van der Waals surface area contributed by atoms with E-state index in [1.54, 1.807) is 27.7 Å². The molecule has 0 aliphatic carbocycles. The number of hydrogen-bond donors (Lipinski definition) is 1. The number of nitrogens with zero attached hydrogens (tertiary/aromatic N) is 1. The first-order chi connectivity index (χ1) is 11.7. The van der Waals surface area contributed by atoms with Crippen molar-refractivity contribution in [1.29, 1.82) is 0 Å². The van der Waals surface area contributed by atoms with Crippen molar-refractivity contribution in [3.8, 4) is 11.1 Å². The third-order valence-corrected chi connectivity index (χ3v) is 3.67. The Balaban J connectivity index is 2.81. The van der Waals surface area contributed by atoms with Crippen LogP contribution in [0.15, 0.2) is 30.3 Å². The lowest BCUT2D eigenvalue weighted by molar-refractivity contribution is 0.00645. The highest BCUT2D eigenvalue weighted by molar-refractivity contribution is 6.08. The molecule has 5 heteroatoms. The minimum atomic E-state index is -1.17. The highest BCUT2D eigenvalue weighted by Crippen LogP contribution is 2.32. The van der Waals surface area contributed by atoms with E-state index >= 15 is 0 Å². The van der Waals surface area contributed by atoms with Gasteiger partial charge in [-0.05, 0) is 39.7 Å². The number of carbonyl (C=O) groups excluding carboxylic acids is 1. The summed E-state index contributed by atoms with van der Waals surface area (Å²) in [6.07, 6.45) is 0.556. The Morgan fingerprint density at radius 1 is 1.12 bits per heavy atom.